The van der Waals surface area contributed by atoms with Crippen molar-refractivity contribution < 1.29 is 9.53 Å². The van der Waals surface area contributed by atoms with Gasteiger partial charge in [0, 0.05) is 0 Å². The summed E-state index contributed by atoms with van der Waals surface area (Å²) in [6, 6.07) is 5.24. The van der Waals surface area contributed by atoms with Gasteiger partial charge in [-0.15, -0.1) is 0 Å². The number of pyridine rings is 1. The van der Waals surface area contributed by atoms with Crippen LogP contribution in [-0.2, 0) is 4.74 Å². The molecule has 0 fully saturated rings. The molecule has 0 aliphatic heterocycles. The molecule has 2 aromatic rings. The summed E-state index contributed by atoms with van der Waals surface area (Å²) in [5.41, 5.74) is 6.67. The number of aromatic nitrogens is 2. The summed E-state index contributed by atoms with van der Waals surface area (Å²) in [6.07, 6.45) is 1.44. The molecule has 0 saturated carbocycles. The topological polar surface area (TPSA) is 69.6 Å². The first-order valence-corrected chi connectivity index (χ1v) is 4.04. The number of esters is 1. The van der Waals surface area contributed by atoms with Gasteiger partial charge in [0.1, 0.15) is 11.5 Å². The standard InChI is InChI=1S/C9H9N3O2/c1-14-9(13)6-5-11-8-4-2-3-7(10)12(6)8/h2-5H,10H2,1H3. The fraction of sp³-hybridized carbons (Fsp3) is 0.111. The second-order valence-electron chi connectivity index (χ2n) is 2.78. The van der Waals surface area contributed by atoms with Gasteiger partial charge in [-0.25, -0.2) is 9.78 Å². The molecule has 0 bridgehead atoms. The fourth-order valence-electron chi connectivity index (χ4n) is 1.31. The molecule has 2 N–H and O–H groups in total. The lowest BCUT2D eigenvalue weighted by Crippen LogP contribution is -2.07. The summed E-state index contributed by atoms with van der Waals surface area (Å²) < 4.78 is 6.15. The number of hydrogen-bond acceptors (Lipinski definition) is 4. The average molecular weight is 191 g/mol. The van der Waals surface area contributed by atoms with Crippen LogP contribution in [0.1, 0.15) is 10.5 Å². The number of anilines is 1. The molecule has 0 radical (unpaired) electrons. The second kappa shape index (κ2) is 3.02. The molecule has 0 aliphatic carbocycles. The molecule has 0 aromatic carbocycles. The molecule has 5 nitrogen and oxygen atoms in total. The number of hydrogen-bond donors (Lipinski definition) is 1. The van der Waals surface area contributed by atoms with Crippen molar-refractivity contribution in [3.63, 3.8) is 0 Å². The van der Waals surface area contributed by atoms with E-state index in [1.165, 1.54) is 13.3 Å². The van der Waals surface area contributed by atoms with Crippen LogP contribution in [0.5, 0.6) is 0 Å². The Labute approximate surface area is 80.1 Å². The monoisotopic (exact) mass is 191 g/mol. The number of carbonyl (C=O) groups is 1. The number of imidazole rings is 1. The zero-order valence-corrected chi connectivity index (χ0v) is 7.60. The molecule has 0 atom stereocenters. The maximum Gasteiger partial charge on any atom is 0.356 e. The molecule has 5 heteroatoms. The minimum absolute atomic E-state index is 0.334. The Hall–Kier alpha value is -2.04. The molecular formula is C9H9N3O2. The number of nitrogens with two attached hydrogens (primary N) is 1. The van der Waals surface area contributed by atoms with Gasteiger partial charge in [0.15, 0.2) is 5.69 Å². The fourth-order valence-corrected chi connectivity index (χ4v) is 1.31. The van der Waals surface area contributed by atoms with Gasteiger partial charge in [-0.3, -0.25) is 4.40 Å². The van der Waals surface area contributed by atoms with E-state index in [2.05, 4.69) is 9.72 Å². The van der Waals surface area contributed by atoms with E-state index in [0.29, 0.717) is 17.2 Å². The summed E-state index contributed by atoms with van der Waals surface area (Å²) in [5.74, 6) is 0.0100. The van der Waals surface area contributed by atoms with E-state index < -0.39 is 5.97 Å². The predicted octanol–water partition coefficient (Wildman–Crippen LogP) is 0.703. The normalized spacial score (nSPS) is 10.4. The highest BCUT2D eigenvalue weighted by atomic mass is 16.5. The maximum absolute atomic E-state index is 11.3. The summed E-state index contributed by atoms with van der Waals surface area (Å²) in [5, 5.41) is 0. The van der Waals surface area contributed by atoms with E-state index in [4.69, 9.17) is 5.73 Å². The maximum atomic E-state index is 11.3. The Morgan fingerprint density at radius 3 is 3.07 bits per heavy atom. The van der Waals surface area contributed by atoms with E-state index in [-0.39, 0.29) is 0 Å². The first kappa shape index (κ1) is 8.55. The smallest absolute Gasteiger partial charge is 0.356 e. The van der Waals surface area contributed by atoms with E-state index in [1.807, 2.05) is 0 Å². The lowest BCUT2D eigenvalue weighted by atomic mass is 10.4. The van der Waals surface area contributed by atoms with Crippen LogP contribution in [0.4, 0.5) is 5.82 Å². The summed E-state index contributed by atoms with van der Waals surface area (Å²) in [6.45, 7) is 0. The number of nitrogens with zero attached hydrogens (tertiary/aromatic N) is 2. The van der Waals surface area contributed by atoms with Gasteiger partial charge >= 0.3 is 5.97 Å². The van der Waals surface area contributed by atoms with Crippen molar-refractivity contribution in [2.24, 2.45) is 0 Å². The van der Waals surface area contributed by atoms with Gasteiger partial charge < -0.3 is 10.5 Å². The van der Waals surface area contributed by atoms with Crippen LogP contribution in [0.3, 0.4) is 0 Å². The zero-order valence-electron chi connectivity index (χ0n) is 7.60. The highest BCUT2D eigenvalue weighted by molar-refractivity contribution is 5.88. The lowest BCUT2D eigenvalue weighted by Gasteiger charge is -2.02. The molecule has 72 valence electrons. The van der Waals surface area contributed by atoms with Crippen LogP contribution in [0, 0.1) is 0 Å². The average Bonchev–Trinajstić information content (AvgIpc) is 2.62. The summed E-state index contributed by atoms with van der Waals surface area (Å²) in [4.78, 5) is 15.3. The Bertz CT molecular complexity index is 490. The van der Waals surface area contributed by atoms with Gasteiger partial charge in [0.2, 0.25) is 0 Å². The minimum atomic E-state index is -0.449. The molecule has 2 heterocycles. The molecule has 0 amide bonds. The zero-order chi connectivity index (χ0) is 10.1. The van der Waals surface area contributed by atoms with E-state index >= 15 is 0 Å². The highest BCUT2D eigenvalue weighted by Crippen LogP contribution is 2.12. The molecule has 14 heavy (non-hydrogen) atoms. The first-order chi connectivity index (χ1) is 6.74. The molecule has 0 unspecified atom stereocenters. The molecule has 0 aliphatic rings. The molecule has 2 rings (SSSR count). The van der Waals surface area contributed by atoms with Gasteiger partial charge in [-0.05, 0) is 12.1 Å². The number of ether oxygens (including phenoxy) is 1. The van der Waals surface area contributed by atoms with Crippen molar-refractivity contribution in [3.8, 4) is 0 Å². The second-order valence-corrected chi connectivity index (χ2v) is 2.78. The number of carbonyl (C=O) groups excluding carboxylic acids is 1. The largest absolute Gasteiger partial charge is 0.464 e. The van der Waals surface area contributed by atoms with Crippen LogP contribution in [-0.4, -0.2) is 22.5 Å². The Morgan fingerprint density at radius 1 is 1.57 bits per heavy atom. The molecule has 0 spiro atoms. The minimum Gasteiger partial charge on any atom is -0.464 e. The van der Waals surface area contributed by atoms with Crippen LogP contribution in [0.2, 0.25) is 0 Å². The van der Waals surface area contributed by atoms with Crippen molar-refractivity contribution in [2.75, 3.05) is 12.8 Å². The SMILES string of the molecule is COC(=O)c1cnc2cccc(N)n12. The number of rotatable bonds is 1. The Morgan fingerprint density at radius 2 is 2.36 bits per heavy atom. The van der Waals surface area contributed by atoms with Crippen molar-refractivity contribution in [1.29, 1.82) is 0 Å². The quantitative estimate of drug-likeness (QED) is 0.674. The van der Waals surface area contributed by atoms with Gasteiger partial charge in [0.25, 0.3) is 0 Å². The van der Waals surface area contributed by atoms with Gasteiger partial charge in [-0.1, -0.05) is 6.07 Å². The van der Waals surface area contributed by atoms with Crippen LogP contribution in [0.15, 0.2) is 24.4 Å². The summed E-state index contributed by atoms with van der Waals surface area (Å²) in [7, 11) is 1.32. The van der Waals surface area contributed by atoms with Crippen molar-refractivity contribution >= 4 is 17.4 Å². The highest BCUT2D eigenvalue weighted by Gasteiger charge is 2.13. The number of nitrogen functional groups attached to an aromatic ring is 1. The first-order valence-electron chi connectivity index (χ1n) is 4.04. The Balaban J connectivity index is 2.73. The van der Waals surface area contributed by atoms with E-state index in [9.17, 15) is 4.79 Å². The van der Waals surface area contributed by atoms with E-state index in [1.54, 1.807) is 22.6 Å². The number of fused-ring (bicyclic) bond motifs is 1. The van der Waals surface area contributed by atoms with Gasteiger partial charge in [-0.2, -0.15) is 0 Å². The third kappa shape index (κ3) is 1.10. The van der Waals surface area contributed by atoms with Gasteiger partial charge in [0.05, 0.1) is 13.3 Å². The lowest BCUT2D eigenvalue weighted by molar-refractivity contribution is 0.0593. The third-order valence-electron chi connectivity index (χ3n) is 1.95. The molecule has 0 saturated heterocycles. The molecular weight excluding hydrogens is 182 g/mol. The van der Waals surface area contributed by atoms with Crippen molar-refractivity contribution in [1.82, 2.24) is 9.38 Å². The van der Waals surface area contributed by atoms with Crippen molar-refractivity contribution in [2.45, 2.75) is 0 Å². The van der Waals surface area contributed by atoms with Crippen molar-refractivity contribution in [3.05, 3.63) is 30.1 Å². The predicted molar refractivity (Wildman–Crippen MR) is 50.9 cm³/mol. The van der Waals surface area contributed by atoms with Crippen LogP contribution >= 0.6 is 0 Å². The Kier molecular flexibility index (Phi) is 1.85. The van der Waals surface area contributed by atoms with E-state index in [0.717, 1.165) is 0 Å². The molecule has 2 aromatic heterocycles. The summed E-state index contributed by atoms with van der Waals surface area (Å²) >= 11 is 0. The number of methoxy groups -OCH3 is 1. The third-order valence-corrected chi connectivity index (χ3v) is 1.95. The van der Waals surface area contributed by atoms with Crippen LogP contribution in [0.25, 0.3) is 5.65 Å². The van der Waals surface area contributed by atoms with Crippen LogP contribution < -0.4 is 5.73 Å².